The highest BCUT2D eigenvalue weighted by Crippen LogP contribution is 2.37. The quantitative estimate of drug-likeness (QED) is 0.751. The zero-order valence-electron chi connectivity index (χ0n) is 9.99. The Bertz CT molecular complexity index is 500. The molecule has 0 amide bonds. The fourth-order valence-electron chi connectivity index (χ4n) is 1.82. The van der Waals surface area contributed by atoms with Crippen LogP contribution < -0.4 is 0 Å². The van der Waals surface area contributed by atoms with Gasteiger partial charge in [-0.25, -0.2) is 0 Å². The third-order valence-corrected chi connectivity index (χ3v) is 6.08. The molecule has 4 heteroatoms. The number of aliphatic hydroxyl groups is 1. The molecule has 0 spiro atoms. The number of hydrogen-bond donors (Lipinski definition) is 1. The molecular weight excluding hydrogens is 376 g/mol. The highest BCUT2D eigenvalue weighted by Gasteiger charge is 2.14. The summed E-state index contributed by atoms with van der Waals surface area (Å²) in [7, 11) is 0. The molecule has 0 aliphatic carbocycles. The monoisotopic (exact) mass is 388 g/mol. The molecule has 1 heterocycles. The van der Waals surface area contributed by atoms with Gasteiger partial charge in [0.05, 0.1) is 3.79 Å². The van der Waals surface area contributed by atoms with Gasteiger partial charge in [-0.3, -0.25) is 0 Å². The van der Waals surface area contributed by atoms with Crippen molar-refractivity contribution in [1.29, 1.82) is 0 Å². The van der Waals surface area contributed by atoms with Crippen molar-refractivity contribution in [2.24, 2.45) is 0 Å². The molecule has 1 N–H and O–H groups in total. The first-order chi connectivity index (χ1) is 8.61. The van der Waals surface area contributed by atoms with Gasteiger partial charge in [-0.05, 0) is 55.5 Å². The summed E-state index contributed by atoms with van der Waals surface area (Å²) in [6.07, 6.45) is 1.69. The second-order valence-corrected chi connectivity index (χ2v) is 7.42. The van der Waals surface area contributed by atoms with Gasteiger partial charge >= 0.3 is 0 Å². The average molecular weight is 390 g/mol. The van der Waals surface area contributed by atoms with Gasteiger partial charge in [-0.15, -0.1) is 11.3 Å². The molecule has 18 heavy (non-hydrogen) atoms. The maximum absolute atomic E-state index is 10.3. The van der Waals surface area contributed by atoms with Gasteiger partial charge in [-0.1, -0.05) is 37.6 Å². The Kier molecular flexibility index (Phi) is 5.01. The summed E-state index contributed by atoms with van der Waals surface area (Å²) in [5, 5.41) is 10.3. The van der Waals surface area contributed by atoms with Crippen LogP contribution in [0, 0.1) is 0 Å². The Balaban J connectivity index is 2.20. The van der Waals surface area contributed by atoms with Crippen molar-refractivity contribution in [3.05, 3.63) is 54.6 Å². The zero-order chi connectivity index (χ0) is 13.1. The van der Waals surface area contributed by atoms with Crippen molar-refractivity contribution in [2.45, 2.75) is 25.9 Å². The highest BCUT2D eigenvalue weighted by molar-refractivity contribution is 9.13. The standard InChI is InChI=1S/C14H14Br2OS/c1-2-3-9-4-6-10(7-5-9)13(17)12-8-11(15)14(16)18-12/h4-8,13,17H,2-3H2,1H3. The lowest BCUT2D eigenvalue weighted by Gasteiger charge is -2.09. The number of hydrogen-bond acceptors (Lipinski definition) is 2. The molecule has 0 radical (unpaired) electrons. The van der Waals surface area contributed by atoms with E-state index in [1.54, 1.807) is 11.3 Å². The first-order valence-corrected chi connectivity index (χ1v) is 8.23. The van der Waals surface area contributed by atoms with Crippen LogP contribution in [0.5, 0.6) is 0 Å². The second kappa shape index (κ2) is 6.33. The maximum atomic E-state index is 10.3. The summed E-state index contributed by atoms with van der Waals surface area (Å²) in [4.78, 5) is 0.942. The lowest BCUT2D eigenvalue weighted by Crippen LogP contribution is -1.97. The number of rotatable bonds is 4. The van der Waals surface area contributed by atoms with Crippen LogP contribution in [0.1, 0.15) is 35.5 Å². The van der Waals surface area contributed by atoms with E-state index < -0.39 is 6.10 Å². The van der Waals surface area contributed by atoms with E-state index in [1.807, 2.05) is 18.2 Å². The molecule has 1 atom stereocenters. The maximum Gasteiger partial charge on any atom is 0.113 e. The normalized spacial score (nSPS) is 12.7. The molecule has 0 bridgehead atoms. The van der Waals surface area contributed by atoms with E-state index in [9.17, 15) is 5.11 Å². The lowest BCUT2D eigenvalue weighted by atomic mass is 10.0. The summed E-state index contributed by atoms with van der Waals surface area (Å²) in [6.45, 7) is 2.17. The van der Waals surface area contributed by atoms with Crippen LogP contribution in [0.25, 0.3) is 0 Å². The Labute approximate surface area is 128 Å². The molecule has 0 saturated heterocycles. The fourth-order valence-corrected chi connectivity index (χ4v) is 3.92. The minimum Gasteiger partial charge on any atom is -0.383 e. The molecule has 0 aliphatic rings. The Hall–Kier alpha value is -0.160. The predicted molar refractivity (Wildman–Crippen MR) is 84.2 cm³/mol. The average Bonchev–Trinajstić information content (AvgIpc) is 2.70. The van der Waals surface area contributed by atoms with Crippen LogP contribution >= 0.6 is 43.2 Å². The zero-order valence-corrected chi connectivity index (χ0v) is 14.0. The smallest absolute Gasteiger partial charge is 0.113 e. The van der Waals surface area contributed by atoms with Gasteiger partial charge in [0, 0.05) is 9.35 Å². The molecule has 2 rings (SSSR count). The minimum atomic E-state index is -0.548. The van der Waals surface area contributed by atoms with Crippen molar-refractivity contribution in [3.63, 3.8) is 0 Å². The largest absolute Gasteiger partial charge is 0.383 e. The molecule has 1 aromatic carbocycles. The summed E-state index contributed by atoms with van der Waals surface area (Å²) in [5.41, 5.74) is 2.26. The van der Waals surface area contributed by atoms with E-state index in [-0.39, 0.29) is 0 Å². The molecule has 1 aromatic heterocycles. The van der Waals surface area contributed by atoms with Crippen LogP contribution in [0.3, 0.4) is 0 Å². The van der Waals surface area contributed by atoms with Crippen molar-refractivity contribution in [3.8, 4) is 0 Å². The van der Waals surface area contributed by atoms with Gasteiger partial charge in [-0.2, -0.15) is 0 Å². The van der Waals surface area contributed by atoms with Gasteiger partial charge in [0.1, 0.15) is 6.10 Å². The van der Waals surface area contributed by atoms with Crippen LogP contribution in [0.15, 0.2) is 38.6 Å². The fraction of sp³-hybridized carbons (Fsp3) is 0.286. The van der Waals surface area contributed by atoms with Gasteiger partial charge in [0.2, 0.25) is 0 Å². The summed E-state index contributed by atoms with van der Waals surface area (Å²) >= 11 is 8.44. The van der Waals surface area contributed by atoms with E-state index in [2.05, 4.69) is 50.9 Å². The first-order valence-electron chi connectivity index (χ1n) is 5.83. The van der Waals surface area contributed by atoms with Crippen LogP contribution in [-0.2, 0) is 6.42 Å². The topological polar surface area (TPSA) is 20.2 Å². The summed E-state index contributed by atoms with van der Waals surface area (Å²) < 4.78 is 2.00. The lowest BCUT2D eigenvalue weighted by molar-refractivity contribution is 0.224. The molecular formula is C14H14Br2OS. The second-order valence-electron chi connectivity index (χ2n) is 4.16. The van der Waals surface area contributed by atoms with Crippen molar-refractivity contribution in [1.82, 2.24) is 0 Å². The first kappa shape index (κ1) is 14.3. The highest BCUT2D eigenvalue weighted by atomic mass is 79.9. The number of halogens is 2. The van der Waals surface area contributed by atoms with E-state index in [4.69, 9.17) is 0 Å². The number of aryl methyl sites for hydroxylation is 1. The summed E-state index contributed by atoms with van der Waals surface area (Å²) in [5.74, 6) is 0. The molecule has 1 nitrogen and oxygen atoms in total. The molecule has 0 saturated carbocycles. The third-order valence-electron chi connectivity index (χ3n) is 2.77. The third kappa shape index (κ3) is 3.23. The molecule has 96 valence electrons. The Morgan fingerprint density at radius 1 is 1.22 bits per heavy atom. The van der Waals surface area contributed by atoms with Crippen LogP contribution in [-0.4, -0.2) is 5.11 Å². The molecule has 0 aliphatic heterocycles. The number of thiophene rings is 1. The van der Waals surface area contributed by atoms with Crippen LogP contribution in [0.2, 0.25) is 0 Å². The predicted octanol–water partition coefficient (Wildman–Crippen LogP) is 5.31. The molecule has 2 aromatic rings. The Morgan fingerprint density at radius 3 is 2.39 bits per heavy atom. The SMILES string of the molecule is CCCc1ccc(C(O)c2cc(Br)c(Br)s2)cc1. The van der Waals surface area contributed by atoms with Crippen molar-refractivity contribution in [2.75, 3.05) is 0 Å². The van der Waals surface area contributed by atoms with Gasteiger partial charge in [0.25, 0.3) is 0 Å². The summed E-state index contributed by atoms with van der Waals surface area (Å²) in [6, 6.07) is 10.2. The van der Waals surface area contributed by atoms with Crippen molar-refractivity contribution >= 4 is 43.2 Å². The van der Waals surface area contributed by atoms with Gasteiger partial charge < -0.3 is 5.11 Å². The van der Waals surface area contributed by atoms with E-state index in [0.717, 1.165) is 31.5 Å². The Morgan fingerprint density at radius 2 is 1.89 bits per heavy atom. The van der Waals surface area contributed by atoms with Crippen molar-refractivity contribution < 1.29 is 5.11 Å². The van der Waals surface area contributed by atoms with Crippen LogP contribution in [0.4, 0.5) is 0 Å². The van der Waals surface area contributed by atoms with E-state index in [0.29, 0.717) is 0 Å². The minimum absolute atomic E-state index is 0.548. The van der Waals surface area contributed by atoms with E-state index >= 15 is 0 Å². The molecule has 1 unspecified atom stereocenters. The van der Waals surface area contributed by atoms with Gasteiger partial charge in [0.15, 0.2) is 0 Å². The molecule has 0 fully saturated rings. The number of aliphatic hydroxyl groups excluding tert-OH is 1. The number of benzene rings is 1. The van der Waals surface area contributed by atoms with E-state index in [1.165, 1.54) is 5.56 Å².